The first kappa shape index (κ1) is 26.5. The average molecular weight is 548 g/mol. The van der Waals surface area contributed by atoms with Gasteiger partial charge in [0.25, 0.3) is 0 Å². The molecule has 40 heavy (non-hydrogen) atoms. The van der Waals surface area contributed by atoms with E-state index in [2.05, 4.69) is 38.9 Å². The van der Waals surface area contributed by atoms with E-state index < -0.39 is 34.4 Å². The minimum absolute atomic E-state index is 0.0638. The van der Waals surface area contributed by atoms with E-state index in [9.17, 15) is 20.0 Å². The second-order valence-electron chi connectivity index (χ2n) is 15.7. The number of fused-ring (bicyclic) bond motifs is 9. The van der Waals surface area contributed by atoms with Crippen LogP contribution >= 0.6 is 0 Å². The molecule has 0 amide bonds. The fourth-order valence-electron chi connectivity index (χ4n) is 11.0. The lowest BCUT2D eigenvalue weighted by molar-refractivity contribution is -0.175. The Morgan fingerprint density at radius 3 is 2.40 bits per heavy atom. The normalized spacial score (nSPS) is 52.2. The monoisotopic (exact) mass is 547 g/mol. The van der Waals surface area contributed by atoms with Gasteiger partial charge in [0.1, 0.15) is 17.8 Å². The number of Topliss-reactive ketones (excluding diaryl/α,β-unsaturated/α-hetero) is 1. The number of aromatic nitrogens is 2. The summed E-state index contributed by atoms with van der Waals surface area (Å²) in [5, 5.41) is 25.8. The van der Waals surface area contributed by atoms with Gasteiger partial charge in [-0.3, -0.25) is 9.59 Å². The Kier molecular flexibility index (Phi) is 4.86. The van der Waals surface area contributed by atoms with Gasteiger partial charge in [0.2, 0.25) is 17.3 Å². The summed E-state index contributed by atoms with van der Waals surface area (Å²) in [5.41, 5.74) is -4.12. The topological polar surface area (TPSA) is 130 Å². The first-order valence-corrected chi connectivity index (χ1v) is 15.0. The molecule has 1 saturated heterocycles. The molecule has 0 spiro atoms. The number of nitrogens with zero attached hydrogens (tertiary/aromatic N) is 3. The molecule has 214 valence electrons. The molecule has 6 aliphatic rings. The first-order chi connectivity index (χ1) is 18.5. The van der Waals surface area contributed by atoms with Gasteiger partial charge in [0, 0.05) is 17.3 Å². The molecule has 1 aliphatic heterocycles. The number of ether oxygens (including phenoxy) is 1. The quantitative estimate of drug-likeness (QED) is 0.497. The van der Waals surface area contributed by atoms with E-state index in [1.54, 1.807) is 6.92 Å². The van der Waals surface area contributed by atoms with Crippen LogP contribution in [0.25, 0.3) is 0 Å². The number of nitriles is 1. The van der Waals surface area contributed by atoms with Gasteiger partial charge in [-0.15, -0.1) is 0 Å². The molecule has 3 unspecified atom stereocenters. The number of carbonyl (C=O) groups is 2. The second-order valence-corrected chi connectivity index (χ2v) is 15.7. The van der Waals surface area contributed by atoms with Crippen molar-refractivity contribution in [2.24, 2.45) is 39.4 Å². The molecule has 7 rings (SSSR count). The molecule has 8 nitrogen and oxygen atoms in total. The molecule has 8 heteroatoms. The maximum Gasteiger partial charge on any atom is 0.243 e. The number of carbonyl (C=O) groups excluding carboxylic acids is 2. The van der Waals surface area contributed by atoms with Crippen LogP contribution < -0.4 is 0 Å². The van der Waals surface area contributed by atoms with Crippen molar-refractivity contribution in [3.63, 3.8) is 0 Å². The fourth-order valence-corrected chi connectivity index (χ4v) is 11.0. The Balaban J connectivity index is 1.40. The van der Waals surface area contributed by atoms with Gasteiger partial charge in [-0.1, -0.05) is 45.3 Å². The zero-order valence-electron chi connectivity index (χ0n) is 24.8. The number of hydrogen-bond acceptors (Lipinski definition) is 8. The van der Waals surface area contributed by atoms with Crippen molar-refractivity contribution in [2.45, 2.75) is 116 Å². The average Bonchev–Trinajstić information content (AvgIpc) is 3.50. The fraction of sp³-hybridized carbons (Fsp3) is 0.781. The summed E-state index contributed by atoms with van der Waals surface area (Å²) in [5.74, 6) is 0.310. The predicted octanol–water partition coefficient (Wildman–Crippen LogP) is 4.79. The maximum atomic E-state index is 14.6. The molecule has 1 aromatic rings. The Labute approximate surface area is 235 Å². The molecule has 2 heterocycles. The molecule has 10 atom stereocenters. The Morgan fingerprint density at radius 2 is 1.75 bits per heavy atom. The van der Waals surface area contributed by atoms with Gasteiger partial charge in [0.05, 0.1) is 5.41 Å². The minimum atomic E-state index is -1.70. The summed E-state index contributed by atoms with van der Waals surface area (Å²) >= 11 is 0. The van der Waals surface area contributed by atoms with Gasteiger partial charge in [-0.05, 0) is 87.0 Å². The highest BCUT2D eigenvalue weighted by Crippen LogP contribution is 2.76. The van der Waals surface area contributed by atoms with Crippen LogP contribution in [0.4, 0.5) is 0 Å². The van der Waals surface area contributed by atoms with Crippen molar-refractivity contribution in [3.05, 3.63) is 23.4 Å². The smallest absolute Gasteiger partial charge is 0.243 e. The summed E-state index contributed by atoms with van der Waals surface area (Å²) in [6.07, 6.45) is 7.17. The van der Waals surface area contributed by atoms with E-state index in [4.69, 9.17) is 14.2 Å². The van der Waals surface area contributed by atoms with Crippen molar-refractivity contribution in [1.82, 2.24) is 10.1 Å². The standard InChI is InChI=1S/C32H41N3O5/c1-17-34-25(40-35-17)31-12-10-26(2,3)15-18(31)22-19(36)14-21-27(4,28(22,5)11-13-31)9-8-20-29(21,6)24-32(16-33,39-24)23(37)30(20,7)38/h14,18,20,22,24,38H,8-13,15H2,1-7H3/t18?,20?,22?,24-,27-,28-,29+,30+,31+,32+/m1/s1. The van der Waals surface area contributed by atoms with E-state index in [0.29, 0.717) is 18.1 Å². The second kappa shape index (κ2) is 7.33. The molecule has 5 aliphatic carbocycles. The number of hydrogen-bond donors (Lipinski definition) is 1. The number of ketones is 2. The van der Waals surface area contributed by atoms with Crippen LogP contribution in [-0.2, 0) is 19.7 Å². The van der Waals surface area contributed by atoms with Gasteiger partial charge < -0.3 is 14.4 Å². The highest BCUT2D eigenvalue weighted by atomic mass is 16.6. The van der Waals surface area contributed by atoms with Crippen molar-refractivity contribution in [1.29, 1.82) is 5.26 Å². The highest BCUT2D eigenvalue weighted by Gasteiger charge is 2.83. The zero-order chi connectivity index (χ0) is 28.9. The Morgan fingerprint density at radius 1 is 1.05 bits per heavy atom. The van der Waals surface area contributed by atoms with E-state index >= 15 is 0 Å². The highest BCUT2D eigenvalue weighted by molar-refractivity contribution is 6.02. The van der Waals surface area contributed by atoms with Crippen molar-refractivity contribution < 1.29 is 24.0 Å². The van der Waals surface area contributed by atoms with Gasteiger partial charge in [-0.2, -0.15) is 10.2 Å². The molecule has 0 aromatic carbocycles. The first-order valence-electron chi connectivity index (χ1n) is 15.0. The number of aliphatic hydroxyl groups is 1. The number of allylic oxidation sites excluding steroid dienone is 1. The molecule has 1 N–H and O–H groups in total. The number of aryl methyl sites for hydroxylation is 1. The van der Waals surface area contributed by atoms with Crippen molar-refractivity contribution >= 4 is 11.6 Å². The molecule has 5 fully saturated rings. The van der Waals surface area contributed by atoms with Gasteiger partial charge >= 0.3 is 0 Å². The van der Waals surface area contributed by atoms with E-state index in [0.717, 1.165) is 44.1 Å². The van der Waals surface area contributed by atoms with Crippen LogP contribution in [0.2, 0.25) is 0 Å². The number of epoxide rings is 1. The van der Waals surface area contributed by atoms with Crippen LogP contribution in [0, 0.1) is 57.7 Å². The molecular formula is C32H41N3O5. The largest absolute Gasteiger partial charge is 0.382 e. The van der Waals surface area contributed by atoms with E-state index in [1.165, 1.54) is 0 Å². The van der Waals surface area contributed by atoms with Crippen LogP contribution in [0.15, 0.2) is 16.2 Å². The van der Waals surface area contributed by atoms with Gasteiger partial charge in [0.15, 0.2) is 11.6 Å². The van der Waals surface area contributed by atoms with E-state index in [-0.39, 0.29) is 39.3 Å². The summed E-state index contributed by atoms with van der Waals surface area (Å²) < 4.78 is 11.9. The number of rotatable bonds is 1. The summed E-state index contributed by atoms with van der Waals surface area (Å²) in [6, 6.07) is 2.11. The lowest BCUT2D eigenvalue weighted by Crippen LogP contribution is -2.69. The van der Waals surface area contributed by atoms with Crippen LogP contribution in [0.1, 0.15) is 98.2 Å². The van der Waals surface area contributed by atoms with Crippen LogP contribution in [0.5, 0.6) is 0 Å². The van der Waals surface area contributed by atoms with E-state index in [1.807, 2.05) is 19.9 Å². The summed E-state index contributed by atoms with van der Waals surface area (Å²) in [6.45, 7) is 14.6. The third kappa shape index (κ3) is 2.75. The lowest BCUT2D eigenvalue weighted by Gasteiger charge is -2.68. The SMILES string of the molecule is Cc1noc([C@]23CCC(C)(C)CC2C2C(=O)C=C4[C@]5(C)C(CC[C@@]4(C)[C@]2(C)CC3)[C@](C)(O)C(=O)[C@]2(C#N)O[C@@H]25)n1. The van der Waals surface area contributed by atoms with Crippen LogP contribution in [0.3, 0.4) is 0 Å². The van der Waals surface area contributed by atoms with Gasteiger partial charge in [-0.25, -0.2) is 0 Å². The molecule has 1 aromatic heterocycles. The summed E-state index contributed by atoms with van der Waals surface area (Å²) in [4.78, 5) is 32.7. The molecular weight excluding hydrogens is 506 g/mol. The van der Waals surface area contributed by atoms with Crippen molar-refractivity contribution in [2.75, 3.05) is 0 Å². The third-order valence-corrected chi connectivity index (χ3v) is 13.4. The maximum absolute atomic E-state index is 14.6. The zero-order valence-corrected chi connectivity index (χ0v) is 24.8. The lowest BCUT2D eigenvalue weighted by atomic mass is 9.34. The minimum Gasteiger partial charge on any atom is -0.382 e. The third-order valence-electron chi connectivity index (χ3n) is 13.4. The Bertz CT molecular complexity index is 1440. The van der Waals surface area contributed by atoms with Crippen molar-refractivity contribution in [3.8, 4) is 6.07 Å². The molecule has 0 radical (unpaired) electrons. The molecule has 4 saturated carbocycles. The Hall–Kier alpha value is -2.37. The predicted molar refractivity (Wildman–Crippen MR) is 144 cm³/mol. The summed E-state index contributed by atoms with van der Waals surface area (Å²) in [7, 11) is 0. The molecule has 0 bridgehead atoms. The van der Waals surface area contributed by atoms with Crippen LogP contribution in [-0.4, -0.2) is 44.1 Å².